The van der Waals surface area contributed by atoms with E-state index in [1.807, 2.05) is 18.3 Å². The van der Waals surface area contributed by atoms with E-state index in [2.05, 4.69) is 61.7 Å². The number of ether oxygens (including phenoxy) is 1. The molecule has 1 atom stereocenters. The van der Waals surface area contributed by atoms with Crippen LogP contribution >= 0.6 is 0 Å². The average Bonchev–Trinajstić information content (AvgIpc) is 2.67. The molecule has 1 aromatic heterocycles. The quantitative estimate of drug-likeness (QED) is 0.479. The first-order valence-corrected chi connectivity index (χ1v) is 9.53. The molecule has 0 spiro atoms. The molecule has 0 saturated heterocycles. The van der Waals surface area contributed by atoms with Crippen LogP contribution in [0.3, 0.4) is 0 Å². The SMILES string of the molecule is CC[CH][C@H](CCCc1ccnc2ccc(OC)cc12)c1ccccc1C. The molecule has 0 saturated carbocycles. The molecule has 0 bridgehead atoms. The van der Waals surface area contributed by atoms with Crippen LogP contribution in [0.15, 0.2) is 54.7 Å². The summed E-state index contributed by atoms with van der Waals surface area (Å²) in [5, 5.41) is 1.21. The Morgan fingerprint density at radius 1 is 1.12 bits per heavy atom. The van der Waals surface area contributed by atoms with Gasteiger partial charge in [-0.2, -0.15) is 0 Å². The second-order valence-electron chi connectivity index (χ2n) is 6.85. The number of methoxy groups -OCH3 is 1. The van der Waals surface area contributed by atoms with Crippen molar-refractivity contribution in [3.63, 3.8) is 0 Å². The summed E-state index contributed by atoms with van der Waals surface area (Å²) < 4.78 is 5.39. The maximum atomic E-state index is 5.39. The Balaban J connectivity index is 1.74. The van der Waals surface area contributed by atoms with Gasteiger partial charge in [-0.1, -0.05) is 37.6 Å². The molecule has 0 aliphatic rings. The first-order valence-electron chi connectivity index (χ1n) is 9.53. The number of aromatic nitrogens is 1. The number of benzene rings is 2. The van der Waals surface area contributed by atoms with E-state index >= 15 is 0 Å². The van der Waals surface area contributed by atoms with E-state index in [9.17, 15) is 0 Å². The van der Waals surface area contributed by atoms with E-state index in [1.165, 1.54) is 28.5 Å². The zero-order chi connectivity index (χ0) is 18.4. The topological polar surface area (TPSA) is 22.1 Å². The van der Waals surface area contributed by atoms with Crippen molar-refractivity contribution < 1.29 is 4.74 Å². The molecule has 0 amide bonds. The number of aryl methyl sites for hydroxylation is 2. The fourth-order valence-corrected chi connectivity index (χ4v) is 3.73. The molecule has 3 rings (SSSR count). The molecule has 0 aliphatic carbocycles. The van der Waals surface area contributed by atoms with E-state index in [4.69, 9.17) is 4.74 Å². The van der Waals surface area contributed by atoms with Crippen molar-refractivity contribution in [2.24, 2.45) is 0 Å². The Bertz CT molecular complexity index is 856. The number of nitrogens with zero attached hydrogens (tertiary/aromatic N) is 1. The summed E-state index contributed by atoms with van der Waals surface area (Å²) in [6, 6.07) is 17.0. The van der Waals surface area contributed by atoms with E-state index in [0.717, 1.165) is 30.5 Å². The molecule has 26 heavy (non-hydrogen) atoms. The Hall–Kier alpha value is -2.35. The highest BCUT2D eigenvalue weighted by Crippen LogP contribution is 2.30. The maximum Gasteiger partial charge on any atom is 0.119 e. The monoisotopic (exact) mass is 346 g/mol. The van der Waals surface area contributed by atoms with Crippen molar-refractivity contribution in [3.05, 3.63) is 77.8 Å². The molecule has 135 valence electrons. The molecule has 0 unspecified atom stereocenters. The lowest BCUT2D eigenvalue weighted by Gasteiger charge is -2.19. The van der Waals surface area contributed by atoms with Crippen LogP contribution in [0.1, 0.15) is 48.8 Å². The summed E-state index contributed by atoms with van der Waals surface area (Å²) in [5.74, 6) is 1.42. The van der Waals surface area contributed by atoms with Gasteiger partial charge in [0.2, 0.25) is 0 Å². The van der Waals surface area contributed by atoms with Crippen LogP contribution in [0, 0.1) is 13.3 Å². The molecule has 0 aliphatic heterocycles. The molecule has 0 fully saturated rings. The van der Waals surface area contributed by atoms with Gasteiger partial charge in [0.05, 0.1) is 12.6 Å². The molecule has 1 heterocycles. The van der Waals surface area contributed by atoms with Gasteiger partial charge in [0.25, 0.3) is 0 Å². The predicted molar refractivity (Wildman–Crippen MR) is 110 cm³/mol. The normalized spacial score (nSPS) is 12.3. The zero-order valence-corrected chi connectivity index (χ0v) is 16.0. The molecule has 2 nitrogen and oxygen atoms in total. The van der Waals surface area contributed by atoms with Crippen molar-refractivity contribution in [1.29, 1.82) is 0 Å². The summed E-state index contributed by atoms with van der Waals surface area (Å²) in [7, 11) is 1.71. The van der Waals surface area contributed by atoms with E-state index < -0.39 is 0 Å². The molecule has 3 aromatic rings. The summed E-state index contributed by atoms with van der Waals surface area (Å²) in [6.07, 6.45) is 8.87. The Morgan fingerprint density at radius 2 is 1.96 bits per heavy atom. The van der Waals surface area contributed by atoms with Crippen molar-refractivity contribution in [2.75, 3.05) is 7.11 Å². The van der Waals surface area contributed by atoms with Crippen molar-refractivity contribution in [3.8, 4) is 5.75 Å². The van der Waals surface area contributed by atoms with Gasteiger partial charge in [-0.3, -0.25) is 4.98 Å². The van der Waals surface area contributed by atoms with Gasteiger partial charge >= 0.3 is 0 Å². The molecule has 0 N–H and O–H groups in total. The maximum absolute atomic E-state index is 5.39. The highest BCUT2D eigenvalue weighted by Gasteiger charge is 2.13. The summed E-state index contributed by atoms with van der Waals surface area (Å²) in [6.45, 7) is 4.45. The standard InChI is InChI=1S/C24H28NO/c1-4-8-19(22-12-6-5-9-18(22)2)10-7-11-20-15-16-25-24-14-13-21(26-3)17-23(20)24/h5-6,8-9,12-17,19H,4,7,10-11H2,1-3H3/t19-/m1/s1. The third-order valence-corrected chi connectivity index (χ3v) is 5.11. The molecule has 2 aromatic carbocycles. The number of hydrogen-bond donors (Lipinski definition) is 0. The fourth-order valence-electron chi connectivity index (χ4n) is 3.73. The van der Waals surface area contributed by atoms with Crippen molar-refractivity contribution in [2.45, 2.75) is 45.4 Å². The highest BCUT2D eigenvalue weighted by molar-refractivity contribution is 5.83. The van der Waals surface area contributed by atoms with Gasteiger partial charge in [0, 0.05) is 11.6 Å². The van der Waals surface area contributed by atoms with E-state index in [-0.39, 0.29) is 0 Å². The van der Waals surface area contributed by atoms with Crippen LogP contribution in [-0.4, -0.2) is 12.1 Å². The van der Waals surface area contributed by atoms with Crippen LogP contribution in [0.5, 0.6) is 5.75 Å². The molecular weight excluding hydrogens is 318 g/mol. The minimum atomic E-state index is 0.531. The first kappa shape index (κ1) is 18.4. The first-order chi connectivity index (χ1) is 12.7. The van der Waals surface area contributed by atoms with Gasteiger partial charge < -0.3 is 4.74 Å². The van der Waals surface area contributed by atoms with Crippen LogP contribution < -0.4 is 4.74 Å². The van der Waals surface area contributed by atoms with Gasteiger partial charge in [-0.15, -0.1) is 0 Å². The zero-order valence-electron chi connectivity index (χ0n) is 16.0. The largest absolute Gasteiger partial charge is 0.497 e. The van der Waals surface area contributed by atoms with Crippen LogP contribution in [-0.2, 0) is 6.42 Å². The third-order valence-electron chi connectivity index (χ3n) is 5.11. The third kappa shape index (κ3) is 4.24. The Morgan fingerprint density at radius 3 is 2.73 bits per heavy atom. The minimum absolute atomic E-state index is 0.531. The Kier molecular flexibility index (Phi) is 6.27. The van der Waals surface area contributed by atoms with Gasteiger partial charge in [0.1, 0.15) is 5.75 Å². The summed E-state index contributed by atoms with van der Waals surface area (Å²) >= 11 is 0. The fraction of sp³-hybridized carbons (Fsp3) is 0.333. The lowest BCUT2D eigenvalue weighted by atomic mass is 9.86. The number of fused-ring (bicyclic) bond motifs is 1. The summed E-state index contributed by atoms with van der Waals surface area (Å²) in [4.78, 5) is 4.49. The highest BCUT2D eigenvalue weighted by atomic mass is 16.5. The smallest absolute Gasteiger partial charge is 0.119 e. The van der Waals surface area contributed by atoms with Crippen LogP contribution in [0.25, 0.3) is 10.9 Å². The van der Waals surface area contributed by atoms with Gasteiger partial charge in [0.15, 0.2) is 0 Å². The van der Waals surface area contributed by atoms with E-state index in [1.54, 1.807) is 7.11 Å². The molecule has 2 heteroatoms. The van der Waals surface area contributed by atoms with Gasteiger partial charge in [-0.25, -0.2) is 0 Å². The second-order valence-corrected chi connectivity index (χ2v) is 6.85. The van der Waals surface area contributed by atoms with E-state index in [0.29, 0.717) is 5.92 Å². The molecule has 1 radical (unpaired) electrons. The second kappa shape index (κ2) is 8.84. The molecular formula is C24H28NO. The number of rotatable bonds is 8. The summed E-state index contributed by atoms with van der Waals surface area (Å²) in [5.41, 5.74) is 5.25. The lowest BCUT2D eigenvalue weighted by Crippen LogP contribution is -2.03. The minimum Gasteiger partial charge on any atom is -0.497 e. The number of hydrogen-bond acceptors (Lipinski definition) is 2. The average molecular weight is 346 g/mol. The van der Waals surface area contributed by atoms with Crippen LogP contribution in [0.2, 0.25) is 0 Å². The van der Waals surface area contributed by atoms with Gasteiger partial charge in [-0.05, 0) is 79.5 Å². The Labute approximate surface area is 157 Å². The predicted octanol–water partition coefficient (Wildman–Crippen LogP) is 6.27. The van der Waals surface area contributed by atoms with Crippen LogP contribution in [0.4, 0.5) is 0 Å². The number of pyridine rings is 1. The van der Waals surface area contributed by atoms with Crippen molar-refractivity contribution >= 4 is 10.9 Å². The van der Waals surface area contributed by atoms with Crippen molar-refractivity contribution in [1.82, 2.24) is 4.98 Å². The lowest BCUT2D eigenvalue weighted by molar-refractivity contribution is 0.415.